The van der Waals surface area contributed by atoms with Crippen LogP contribution in [-0.2, 0) is 9.53 Å². The van der Waals surface area contributed by atoms with Gasteiger partial charge in [0.15, 0.2) is 0 Å². The zero-order valence-electron chi connectivity index (χ0n) is 14.2. The van der Waals surface area contributed by atoms with E-state index in [0.29, 0.717) is 11.9 Å². The Balaban J connectivity index is 2.15. The summed E-state index contributed by atoms with van der Waals surface area (Å²) in [4.78, 5) is 14.9. The third kappa shape index (κ3) is 3.26. The molecular weight excluding hydrogens is 264 g/mol. The molecule has 2 aliphatic rings. The molecule has 0 aliphatic carbocycles. The zero-order valence-corrected chi connectivity index (χ0v) is 14.2. The highest BCUT2D eigenvalue weighted by Gasteiger charge is 2.45. The smallest absolute Gasteiger partial charge is 0.241 e. The number of rotatable bonds is 6. The van der Waals surface area contributed by atoms with Crippen LogP contribution < -0.4 is 5.32 Å². The summed E-state index contributed by atoms with van der Waals surface area (Å²) in [5.74, 6) is 0.309. The Bertz CT molecular complexity index is 355. The Kier molecular flexibility index (Phi) is 5.67. The van der Waals surface area contributed by atoms with Crippen LogP contribution in [0.5, 0.6) is 0 Å². The normalized spacial score (nSPS) is 32.7. The molecule has 3 atom stereocenters. The molecule has 0 radical (unpaired) electrons. The highest BCUT2D eigenvalue weighted by atomic mass is 16.5. The topological polar surface area (TPSA) is 41.6 Å². The first-order chi connectivity index (χ1) is 10.1. The molecule has 0 aromatic heterocycles. The van der Waals surface area contributed by atoms with Gasteiger partial charge in [-0.3, -0.25) is 10.1 Å². The lowest BCUT2D eigenvalue weighted by Crippen LogP contribution is -2.52. The van der Waals surface area contributed by atoms with Crippen LogP contribution in [0.15, 0.2) is 0 Å². The van der Waals surface area contributed by atoms with Crippen molar-refractivity contribution < 1.29 is 9.53 Å². The van der Waals surface area contributed by atoms with E-state index < -0.39 is 0 Å². The molecule has 0 bridgehead atoms. The van der Waals surface area contributed by atoms with E-state index in [0.717, 1.165) is 51.6 Å². The minimum absolute atomic E-state index is 0.0158. The highest BCUT2D eigenvalue weighted by molar-refractivity contribution is 5.84. The van der Waals surface area contributed by atoms with Crippen molar-refractivity contribution in [2.24, 2.45) is 0 Å². The maximum atomic E-state index is 12.7. The predicted octanol–water partition coefficient (Wildman–Crippen LogP) is 3.06. The molecule has 0 spiro atoms. The molecule has 0 saturated carbocycles. The van der Waals surface area contributed by atoms with E-state index in [9.17, 15) is 4.79 Å². The molecular formula is C17H32N2O2. The maximum Gasteiger partial charge on any atom is 0.241 e. The number of nitrogens with zero attached hydrogens (tertiary/aromatic N) is 1. The number of hydrogen-bond donors (Lipinski definition) is 1. The largest absolute Gasteiger partial charge is 0.375 e. The van der Waals surface area contributed by atoms with E-state index in [1.165, 1.54) is 0 Å². The fourth-order valence-corrected chi connectivity index (χ4v) is 3.92. The zero-order chi connectivity index (χ0) is 15.5. The van der Waals surface area contributed by atoms with Gasteiger partial charge in [0.05, 0.1) is 17.8 Å². The first-order valence-corrected chi connectivity index (χ1v) is 8.83. The molecule has 2 rings (SSSR count). The van der Waals surface area contributed by atoms with Crippen molar-refractivity contribution >= 4 is 5.91 Å². The molecule has 2 heterocycles. The Hall–Kier alpha value is -0.610. The van der Waals surface area contributed by atoms with Crippen molar-refractivity contribution in [1.82, 2.24) is 10.2 Å². The van der Waals surface area contributed by atoms with Gasteiger partial charge in [-0.2, -0.15) is 0 Å². The van der Waals surface area contributed by atoms with E-state index in [-0.39, 0.29) is 17.8 Å². The first-order valence-electron chi connectivity index (χ1n) is 8.83. The summed E-state index contributed by atoms with van der Waals surface area (Å²) in [5.41, 5.74) is -0.0235. The van der Waals surface area contributed by atoms with E-state index in [1.54, 1.807) is 0 Å². The van der Waals surface area contributed by atoms with Gasteiger partial charge in [-0.15, -0.1) is 0 Å². The second-order valence-corrected chi connectivity index (χ2v) is 6.56. The number of amides is 1. The third-order valence-electron chi connectivity index (χ3n) is 5.40. The average Bonchev–Trinajstić information content (AvgIpc) is 2.83. The highest BCUT2D eigenvalue weighted by Crippen LogP contribution is 2.36. The second kappa shape index (κ2) is 7.10. The Labute approximate surface area is 129 Å². The van der Waals surface area contributed by atoms with E-state index in [1.807, 2.05) is 0 Å². The molecule has 3 unspecified atom stereocenters. The summed E-state index contributed by atoms with van der Waals surface area (Å²) in [6.45, 7) is 9.47. The molecule has 21 heavy (non-hydrogen) atoms. The van der Waals surface area contributed by atoms with Gasteiger partial charge in [0.1, 0.15) is 0 Å². The quantitative estimate of drug-likeness (QED) is 0.819. The van der Waals surface area contributed by atoms with Crippen LogP contribution >= 0.6 is 0 Å². The fourth-order valence-electron chi connectivity index (χ4n) is 3.92. The van der Waals surface area contributed by atoms with Crippen molar-refractivity contribution in [1.29, 1.82) is 0 Å². The fraction of sp³-hybridized carbons (Fsp3) is 0.941. The standard InChI is InChI=1S/C17H32N2O2/c1-5-9-15-18-14(6-2)16(20)19(15)13-10-11-21-17(7-3,8-4)12-13/h13-15,18H,5-12H2,1-4H3. The van der Waals surface area contributed by atoms with Crippen LogP contribution in [-0.4, -0.2) is 41.3 Å². The van der Waals surface area contributed by atoms with Crippen molar-refractivity contribution in [3.8, 4) is 0 Å². The monoisotopic (exact) mass is 296 g/mol. The predicted molar refractivity (Wildman–Crippen MR) is 85.0 cm³/mol. The van der Waals surface area contributed by atoms with E-state index in [2.05, 4.69) is 37.9 Å². The van der Waals surface area contributed by atoms with Crippen LogP contribution in [0.4, 0.5) is 0 Å². The second-order valence-electron chi connectivity index (χ2n) is 6.56. The number of carbonyl (C=O) groups excluding carboxylic acids is 1. The van der Waals surface area contributed by atoms with Gasteiger partial charge in [0.2, 0.25) is 5.91 Å². The van der Waals surface area contributed by atoms with E-state index in [4.69, 9.17) is 4.74 Å². The summed E-state index contributed by atoms with van der Waals surface area (Å²) in [5, 5.41) is 3.54. The van der Waals surface area contributed by atoms with Gasteiger partial charge in [-0.25, -0.2) is 0 Å². The van der Waals surface area contributed by atoms with Crippen LogP contribution in [0, 0.1) is 0 Å². The minimum Gasteiger partial charge on any atom is -0.375 e. The molecule has 0 aromatic rings. The Morgan fingerprint density at radius 2 is 2.00 bits per heavy atom. The van der Waals surface area contributed by atoms with Gasteiger partial charge < -0.3 is 9.64 Å². The van der Waals surface area contributed by atoms with Crippen molar-refractivity contribution in [2.45, 2.75) is 96.5 Å². The van der Waals surface area contributed by atoms with Gasteiger partial charge in [0, 0.05) is 12.6 Å². The summed E-state index contributed by atoms with van der Waals surface area (Å²) >= 11 is 0. The lowest BCUT2D eigenvalue weighted by Gasteiger charge is -2.44. The van der Waals surface area contributed by atoms with Crippen molar-refractivity contribution in [3.63, 3.8) is 0 Å². The van der Waals surface area contributed by atoms with Crippen LogP contribution in [0.2, 0.25) is 0 Å². The van der Waals surface area contributed by atoms with Gasteiger partial charge in [-0.1, -0.05) is 34.1 Å². The molecule has 4 nitrogen and oxygen atoms in total. The first kappa shape index (κ1) is 16.8. The minimum atomic E-state index is -0.0235. The molecule has 2 saturated heterocycles. The van der Waals surface area contributed by atoms with Crippen LogP contribution in [0.1, 0.15) is 72.6 Å². The number of ether oxygens (including phenoxy) is 1. The molecule has 1 amide bonds. The number of hydrogen-bond acceptors (Lipinski definition) is 3. The van der Waals surface area contributed by atoms with Crippen LogP contribution in [0.3, 0.4) is 0 Å². The summed E-state index contributed by atoms with van der Waals surface area (Å²) < 4.78 is 6.08. The average molecular weight is 296 g/mol. The molecule has 2 aliphatic heterocycles. The Morgan fingerprint density at radius 1 is 1.29 bits per heavy atom. The van der Waals surface area contributed by atoms with Crippen molar-refractivity contribution in [2.75, 3.05) is 6.61 Å². The summed E-state index contributed by atoms with van der Waals surface area (Å²) in [7, 11) is 0. The Morgan fingerprint density at radius 3 is 2.57 bits per heavy atom. The molecule has 2 fully saturated rings. The molecule has 4 heteroatoms. The lowest BCUT2D eigenvalue weighted by atomic mass is 9.85. The maximum absolute atomic E-state index is 12.7. The summed E-state index contributed by atoms with van der Waals surface area (Å²) in [6.07, 6.45) is 7.29. The van der Waals surface area contributed by atoms with Gasteiger partial charge >= 0.3 is 0 Å². The molecule has 1 N–H and O–H groups in total. The molecule has 122 valence electrons. The van der Waals surface area contributed by atoms with Crippen LogP contribution in [0.25, 0.3) is 0 Å². The number of carbonyl (C=O) groups is 1. The third-order valence-corrected chi connectivity index (χ3v) is 5.40. The summed E-state index contributed by atoms with van der Waals surface area (Å²) in [6, 6.07) is 0.355. The van der Waals surface area contributed by atoms with Gasteiger partial charge in [-0.05, 0) is 38.5 Å². The number of nitrogens with one attached hydrogen (secondary N) is 1. The van der Waals surface area contributed by atoms with Crippen molar-refractivity contribution in [3.05, 3.63) is 0 Å². The SMILES string of the molecule is CCCC1NC(CC)C(=O)N1C1CCOC(CC)(CC)C1. The van der Waals surface area contributed by atoms with Gasteiger partial charge in [0.25, 0.3) is 0 Å². The molecule has 0 aromatic carbocycles. The van der Waals surface area contributed by atoms with E-state index >= 15 is 0 Å². The lowest BCUT2D eigenvalue weighted by molar-refractivity contribution is -0.143.